The number of hydrogen-bond acceptors (Lipinski definition) is 5. The number of anilines is 1. The van der Waals surface area contributed by atoms with Crippen LogP contribution < -0.4 is 10.1 Å². The molecule has 1 aromatic heterocycles. The largest absolute Gasteiger partial charge is 0.489 e. The molecule has 0 saturated carbocycles. The number of tetrazole rings is 1. The molecule has 0 aliphatic heterocycles. The van der Waals surface area contributed by atoms with Gasteiger partial charge in [-0.3, -0.25) is 0 Å². The first-order valence-electron chi connectivity index (χ1n) is 8.02. The van der Waals surface area contributed by atoms with Crippen LogP contribution in [0.25, 0.3) is 0 Å². The van der Waals surface area contributed by atoms with E-state index in [1.807, 2.05) is 37.3 Å². The Balaban J connectivity index is 1.53. The summed E-state index contributed by atoms with van der Waals surface area (Å²) in [5.74, 6) is 1.54. The zero-order valence-corrected chi connectivity index (χ0v) is 13.9. The number of benzene rings is 2. The molecular formula is C18H21N5O. The lowest BCUT2D eigenvalue weighted by Gasteiger charge is -2.09. The van der Waals surface area contributed by atoms with Gasteiger partial charge in [0.2, 0.25) is 5.95 Å². The summed E-state index contributed by atoms with van der Waals surface area (Å²) in [5.41, 5.74) is 3.56. The van der Waals surface area contributed by atoms with Crippen molar-refractivity contribution in [1.29, 1.82) is 0 Å². The lowest BCUT2D eigenvalue weighted by atomic mass is 10.1. The molecule has 3 aromatic rings. The fourth-order valence-electron chi connectivity index (χ4n) is 2.40. The molecule has 0 amide bonds. The molecule has 0 aliphatic rings. The number of aryl methyl sites for hydroxylation is 2. The number of aromatic nitrogens is 4. The van der Waals surface area contributed by atoms with E-state index in [9.17, 15) is 0 Å². The fourth-order valence-corrected chi connectivity index (χ4v) is 2.40. The van der Waals surface area contributed by atoms with Crippen LogP contribution in [0.5, 0.6) is 5.75 Å². The molecular weight excluding hydrogens is 302 g/mol. The monoisotopic (exact) mass is 323 g/mol. The SMILES string of the molecule is CCn1nnnc1NCc1ccc(OCc2cccc(C)c2)cc1. The first-order valence-corrected chi connectivity index (χ1v) is 8.02. The summed E-state index contributed by atoms with van der Waals surface area (Å²) in [6, 6.07) is 16.4. The van der Waals surface area contributed by atoms with Gasteiger partial charge in [-0.05, 0) is 47.5 Å². The van der Waals surface area contributed by atoms with Gasteiger partial charge in [0, 0.05) is 13.1 Å². The van der Waals surface area contributed by atoms with Crippen LogP contribution in [0.15, 0.2) is 48.5 Å². The summed E-state index contributed by atoms with van der Waals surface area (Å²) in [4.78, 5) is 0. The van der Waals surface area contributed by atoms with Crippen LogP contribution in [0.1, 0.15) is 23.6 Å². The molecule has 0 saturated heterocycles. The molecule has 0 unspecified atom stereocenters. The number of nitrogens with one attached hydrogen (secondary N) is 1. The highest BCUT2D eigenvalue weighted by molar-refractivity contribution is 5.31. The lowest BCUT2D eigenvalue weighted by molar-refractivity contribution is 0.306. The highest BCUT2D eigenvalue weighted by atomic mass is 16.5. The molecule has 2 aromatic carbocycles. The normalized spacial score (nSPS) is 10.6. The van der Waals surface area contributed by atoms with E-state index in [1.165, 1.54) is 11.1 Å². The van der Waals surface area contributed by atoms with Crippen LogP contribution in [0, 0.1) is 6.92 Å². The first-order chi connectivity index (χ1) is 11.7. The van der Waals surface area contributed by atoms with Gasteiger partial charge < -0.3 is 10.1 Å². The van der Waals surface area contributed by atoms with Crippen LogP contribution in [0.3, 0.4) is 0 Å². The van der Waals surface area contributed by atoms with Crippen LogP contribution >= 0.6 is 0 Å². The molecule has 0 aliphatic carbocycles. The molecule has 6 nitrogen and oxygen atoms in total. The lowest BCUT2D eigenvalue weighted by Crippen LogP contribution is -2.07. The second kappa shape index (κ2) is 7.59. The van der Waals surface area contributed by atoms with Gasteiger partial charge in [-0.15, -0.1) is 0 Å². The Bertz CT molecular complexity index is 782. The van der Waals surface area contributed by atoms with E-state index in [4.69, 9.17) is 4.74 Å². The summed E-state index contributed by atoms with van der Waals surface area (Å²) in [6.45, 7) is 6.06. The van der Waals surface area contributed by atoms with E-state index in [0.717, 1.165) is 17.9 Å². The molecule has 0 atom stereocenters. The Hall–Kier alpha value is -2.89. The Morgan fingerprint density at radius 3 is 2.67 bits per heavy atom. The molecule has 3 rings (SSSR count). The quantitative estimate of drug-likeness (QED) is 0.723. The van der Waals surface area contributed by atoms with Gasteiger partial charge in [0.05, 0.1) is 0 Å². The zero-order chi connectivity index (χ0) is 16.8. The maximum atomic E-state index is 5.83. The van der Waals surface area contributed by atoms with Gasteiger partial charge in [0.25, 0.3) is 0 Å². The van der Waals surface area contributed by atoms with Crippen LogP contribution in [0.2, 0.25) is 0 Å². The average molecular weight is 323 g/mol. The van der Waals surface area contributed by atoms with E-state index in [1.54, 1.807) is 4.68 Å². The van der Waals surface area contributed by atoms with E-state index < -0.39 is 0 Å². The van der Waals surface area contributed by atoms with E-state index >= 15 is 0 Å². The van der Waals surface area contributed by atoms with Crippen LogP contribution in [0.4, 0.5) is 5.95 Å². The van der Waals surface area contributed by atoms with Gasteiger partial charge in [-0.25, -0.2) is 4.68 Å². The maximum absolute atomic E-state index is 5.83. The molecule has 0 fully saturated rings. The summed E-state index contributed by atoms with van der Waals surface area (Å²) in [6.07, 6.45) is 0. The zero-order valence-electron chi connectivity index (χ0n) is 13.9. The smallest absolute Gasteiger partial charge is 0.243 e. The van der Waals surface area contributed by atoms with Crippen molar-refractivity contribution in [2.75, 3.05) is 5.32 Å². The van der Waals surface area contributed by atoms with Crippen molar-refractivity contribution < 1.29 is 4.74 Å². The summed E-state index contributed by atoms with van der Waals surface area (Å²) >= 11 is 0. The van der Waals surface area contributed by atoms with Gasteiger partial charge in [0.15, 0.2) is 0 Å². The standard InChI is InChI=1S/C18H21N5O/c1-3-23-18(20-21-22-23)19-12-15-7-9-17(10-8-15)24-13-16-6-4-5-14(2)11-16/h4-11H,3,12-13H2,1-2H3,(H,19,20,22). The highest BCUT2D eigenvalue weighted by Crippen LogP contribution is 2.15. The van der Waals surface area contributed by atoms with Crippen molar-refractivity contribution in [3.63, 3.8) is 0 Å². The van der Waals surface area contributed by atoms with Crippen molar-refractivity contribution in [3.05, 3.63) is 65.2 Å². The second-order valence-electron chi connectivity index (χ2n) is 5.59. The molecule has 24 heavy (non-hydrogen) atoms. The summed E-state index contributed by atoms with van der Waals surface area (Å²) in [5, 5.41) is 14.7. The molecule has 0 spiro atoms. The Kier molecular flexibility index (Phi) is 5.05. The molecule has 0 bridgehead atoms. The van der Waals surface area contributed by atoms with Crippen LogP contribution in [-0.2, 0) is 19.7 Å². The Morgan fingerprint density at radius 1 is 1.08 bits per heavy atom. The van der Waals surface area contributed by atoms with Crippen molar-refractivity contribution >= 4 is 5.95 Å². The van der Waals surface area contributed by atoms with Gasteiger partial charge in [-0.2, -0.15) is 0 Å². The summed E-state index contributed by atoms with van der Waals surface area (Å²) < 4.78 is 7.55. The third-order valence-electron chi connectivity index (χ3n) is 3.69. The van der Waals surface area contributed by atoms with Crippen molar-refractivity contribution in [2.45, 2.75) is 33.5 Å². The van der Waals surface area contributed by atoms with Crippen molar-refractivity contribution in [1.82, 2.24) is 20.2 Å². The number of rotatable bonds is 7. The van der Waals surface area contributed by atoms with Crippen molar-refractivity contribution in [2.24, 2.45) is 0 Å². The van der Waals surface area contributed by atoms with Crippen LogP contribution in [-0.4, -0.2) is 20.2 Å². The Labute approximate surface area is 141 Å². The summed E-state index contributed by atoms with van der Waals surface area (Å²) in [7, 11) is 0. The maximum Gasteiger partial charge on any atom is 0.243 e. The third kappa shape index (κ3) is 4.10. The molecule has 124 valence electrons. The minimum absolute atomic E-state index is 0.574. The predicted octanol–water partition coefficient (Wildman–Crippen LogP) is 3.19. The minimum Gasteiger partial charge on any atom is -0.489 e. The average Bonchev–Trinajstić information content (AvgIpc) is 3.07. The van der Waals surface area contributed by atoms with Gasteiger partial charge in [-0.1, -0.05) is 47.1 Å². The molecule has 1 heterocycles. The minimum atomic E-state index is 0.574. The molecule has 1 N–H and O–H groups in total. The first kappa shape index (κ1) is 16.0. The number of ether oxygens (including phenoxy) is 1. The third-order valence-corrected chi connectivity index (χ3v) is 3.69. The molecule has 6 heteroatoms. The van der Waals surface area contributed by atoms with Gasteiger partial charge in [0.1, 0.15) is 12.4 Å². The molecule has 0 radical (unpaired) electrons. The second-order valence-corrected chi connectivity index (χ2v) is 5.59. The highest BCUT2D eigenvalue weighted by Gasteiger charge is 2.03. The van der Waals surface area contributed by atoms with Crippen molar-refractivity contribution in [3.8, 4) is 5.75 Å². The number of hydrogen-bond donors (Lipinski definition) is 1. The van der Waals surface area contributed by atoms with E-state index in [0.29, 0.717) is 19.1 Å². The number of nitrogens with zero attached hydrogens (tertiary/aromatic N) is 4. The van der Waals surface area contributed by atoms with Gasteiger partial charge >= 0.3 is 0 Å². The Morgan fingerprint density at radius 2 is 1.92 bits per heavy atom. The fraction of sp³-hybridized carbons (Fsp3) is 0.278. The van der Waals surface area contributed by atoms with E-state index in [-0.39, 0.29) is 0 Å². The van der Waals surface area contributed by atoms with E-state index in [2.05, 4.69) is 46.0 Å². The predicted molar refractivity (Wildman–Crippen MR) is 92.8 cm³/mol. The topological polar surface area (TPSA) is 64.9 Å².